The molecule has 0 unspecified atom stereocenters. The molecule has 3 rings (SSSR count). The third-order valence-corrected chi connectivity index (χ3v) is 3.19. The molecule has 0 bridgehead atoms. The lowest BCUT2D eigenvalue weighted by molar-refractivity contribution is 0.101. The molecule has 1 heterocycles. The maximum Gasteiger partial charge on any atom is 0.178 e. The zero-order valence-corrected chi connectivity index (χ0v) is 11.7. The van der Waals surface area contributed by atoms with Crippen LogP contribution in [0.3, 0.4) is 0 Å². The Morgan fingerprint density at radius 2 is 1.38 bits per heavy atom. The van der Waals surface area contributed by atoms with Gasteiger partial charge in [-0.2, -0.15) is 0 Å². The lowest BCUT2D eigenvalue weighted by Gasteiger charge is -2.07. The van der Waals surface area contributed by atoms with Crippen LogP contribution in [0.4, 0.5) is 0 Å². The predicted molar refractivity (Wildman–Crippen MR) is 82.9 cm³/mol. The smallest absolute Gasteiger partial charge is 0.178 e. The molecule has 0 aliphatic heterocycles. The second-order valence-electron chi connectivity index (χ2n) is 4.75. The van der Waals surface area contributed by atoms with Gasteiger partial charge in [0.05, 0.1) is 5.69 Å². The van der Waals surface area contributed by atoms with Crippen molar-refractivity contribution in [1.82, 2.24) is 9.97 Å². The number of carbonyl (C=O) groups excluding carboxylic acids is 1. The summed E-state index contributed by atoms with van der Waals surface area (Å²) in [7, 11) is 0. The van der Waals surface area contributed by atoms with Gasteiger partial charge in [0.15, 0.2) is 11.6 Å². The fourth-order valence-electron chi connectivity index (χ4n) is 2.10. The normalized spacial score (nSPS) is 10.3. The van der Waals surface area contributed by atoms with Crippen molar-refractivity contribution in [3.05, 3.63) is 72.4 Å². The summed E-state index contributed by atoms with van der Waals surface area (Å²) < 4.78 is 0. The molecule has 0 saturated heterocycles. The van der Waals surface area contributed by atoms with E-state index in [1.54, 1.807) is 6.07 Å². The quantitative estimate of drug-likeness (QED) is 0.678. The first-order chi connectivity index (χ1) is 10.2. The highest BCUT2D eigenvalue weighted by Gasteiger charge is 2.10. The standard InChI is InChI=1S/C18H14N2O/c1-13(21)16-12-17(14-8-4-2-5-9-14)20-18(19-16)15-10-6-3-7-11-15/h2-12H,1H3. The van der Waals surface area contributed by atoms with Crippen LogP contribution in [0.2, 0.25) is 0 Å². The van der Waals surface area contributed by atoms with E-state index in [1.165, 1.54) is 6.92 Å². The van der Waals surface area contributed by atoms with Gasteiger partial charge in [-0.3, -0.25) is 4.79 Å². The number of Topliss-reactive ketones (excluding diaryl/α,β-unsaturated/α-hetero) is 1. The van der Waals surface area contributed by atoms with E-state index in [2.05, 4.69) is 9.97 Å². The number of hydrogen-bond donors (Lipinski definition) is 0. The minimum Gasteiger partial charge on any atom is -0.293 e. The summed E-state index contributed by atoms with van der Waals surface area (Å²) in [5.74, 6) is 0.508. The molecule has 0 N–H and O–H groups in total. The fourth-order valence-corrected chi connectivity index (χ4v) is 2.10. The van der Waals surface area contributed by atoms with Crippen molar-refractivity contribution in [3.8, 4) is 22.6 Å². The van der Waals surface area contributed by atoms with Crippen LogP contribution in [-0.2, 0) is 0 Å². The summed E-state index contributed by atoms with van der Waals surface area (Å²) in [6.07, 6.45) is 0. The number of rotatable bonds is 3. The molecule has 3 aromatic rings. The summed E-state index contributed by atoms with van der Waals surface area (Å²) in [6.45, 7) is 1.52. The summed E-state index contributed by atoms with van der Waals surface area (Å²) in [6, 6.07) is 21.2. The largest absolute Gasteiger partial charge is 0.293 e. The van der Waals surface area contributed by atoms with E-state index in [1.807, 2.05) is 60.7 Å². The minimum atomic E-state index is -0.0632. The van der Waals surface area contributed by atoms with E-state index < -0.39 is 0 Å². The Labute approximate surface area is 123 Å². The van der Waals surface area contributed by atoms with Gasteiger partial charge in [-0.1, -0.05) is 60.7 Å². The van der Waals surface area contributed by atoms with Crippen LogP contribution in [0, 0.1) is 0 Å². The Hall–Kier alpha value is -2.81. The first-order valence-electron chi connectivity index (χ1n) is 6.75. The van der Waals surface area contributed by atoms with E-state index in [0.29, 0.717) is 11.5 Å². The van der Waals surface area contributed by atoms with Gasteiger partial charge in [0.1, 0.15) is 5.69 Å². The molecule has 0 radical (unpaired) electrons. The van der Waals surface area contributed by atoms with Crippen LogP contribution in [0.25, 0.3) is 22.6 Å². The van der Waals surface area contributed by atoms with E-state index in [4.69, 9.17) is 0 Å². The van der Waals surface area contributed by atoms with Crippen LogP contribution in [0.1, 0.15) is 17.4 Å². The zero-order chi connectivity index (χ0) is 14.7. The number of ketones is 1. The lowest BCUT2D eigenvalue weighted by atomic mass is 10.1. The van der Waals surface area contributed by atoms with Crippen molar-refractivity contribution in [3.63, 3.8) is 0 Å². The third-order valence-electron chi connectivity index (χ3n) is 3.19. The molecular weight excluding hydrogens is 260 g/mol. The second-order valence-corrected chi connectivity index (χ2v) is 4.75. The first kappa shape index (κ1) is 13.2. The Bertz CT molecular complexity index is 710. The van der Waals surface area contributed by atoms with Gasteiger partial charge in [0, 0.05) is 18.1 Å². The van der Waals surface area contributed by atoms with Gasteiger partial charge in [-0.15, -0.1) is 0 Å². The first-order valence-corrected chi connectivity index (χ1v) is 6.75. The van der Waals surface area contributed by atoms with Crippen LogP contribution in [-0.4, -0.2) is 15.8 Å². The van der Waals surface area contributed by atoms with Crippen LogP contribution in [0.15, 0.2) is 66.7 Å². The molecule has 0 aliphatic rings. The maximum absolute atomic E-state index is 11.7. The Morgan fingerprint density at radius 1 is 0.810 bits per heavy atom. The maximum atomic E-state index is 11.7. The van der Waals surface area contributed by atoms with Gasteiger partial charge in [-0.05, 0) is 6.07 Å². The van der Waals surface area contributed by atoms with Crippen LogP contribution >= 0.6 is 0 Å². The molecule has 3 heteroatoms. The van der Waals surface area contributed by atoms with E-state index in [9.17, 15) is 4.79 Å². The molecule has 21 heavy (non-hydrogen) atoms. The average molecular weight is 274 g/mol. The summed E-state index contributed by atoms with van der Waals surface area (Å²) >= 11 is 0. The molecule has 0 spiro atoms. The molecule has 0 saturated carbocycles. The number of nitrogens with zero attached hydrogens (tertiary/aromatic N) is 2. The van der Waals surface area contributed by atoms with Crippen molar-refractivity contribution >= 4 is 5.78 Å². The SMILES string of the molecule is CC(=O)c1cc(-c2ccccc2)nc(-c2ccccc2)n1. The van der Waals surface area contributed by atoms with Crippen molar-refractivity contribution in [2.75, 3.05) is 0 Å². The highest BCUT2D eigenvalue weighted by Crippen LogP contribution is 2.22. The Kier molecular flexibility index (Phi) is 3.56. The molecule has 0 atom stereocenters. The third kappa shape index (κ3) is 2.87. The topological polar surface area (TPSA) is 42.9 Å². The number of aromatic nitrogens is 2. The Morgan fingerprint density at radius 3 is 1.95 bits per heavy atom. The highest BCUT2D eigenvalue weighted by atomic mass is 16.1. The van der Waals surface area contributed by atoms with Crippen molar-refractivity contribution in [2.45, 2.75) is 6.92 Å². The molecule has 102 valence electrons. The summed E-state index contributed by atoms with van der Waals surface area (Å²) in [4.78, 5) is 20.7. The summed E-state index contributed by atoms with van der Waals surface area (Å²) in [5, 5.41) is 0. The zero-order valence-electron chi connectivity index (χ0n) is 11.7. The van der Waals surface area contributed by atoms with Crippen molar-refractivity contribution in [2.24, 2.45) is 0 Å². The monoisotopic (exact) mass is 274 g/mol. The van der Waals surface area contributed by atoms with E-state index >= 15 is 0 Å². The molecule has 3 nitrogen and oxygen atoms in total. The van der Waals surface area contributed by atoms with Gasteiger partial charge in [0.2, 0.25) is 0 Å². The van der Waals surface area contributed by atoms with Gasteiger partial charge >= 0.3 is 0 Å². The van der Waals surface area contributed by atoms with Crippen molar-refractivity contribution in [1.29, 1.82) is 0 Å². The molecular formula is C18H14N2O. The molecule has 1 aromatic heterocycles. The fraction of sp³-hybridized carbons (Fsp3) is 0.0556. The predicted octanol–water partition coefficient (Wildman–Crippen LogP) is 4.01. The van der Waals surface area contributed by atoms with Gasteiger partial charge in [-0.25, -0.2) is 9.97 Å². The van der Waals surface area contributed by atoms with Gasteiger partial charge < -0.3 is 0 Å². The van der Waals surface area contributed by atoms with E-state index in [-0.39, 0.29) is 5.78 Å². The minimum absolute atomic E-state index is 0.0632. The van der Waals surface area contributed by atoms with Crippen LogP contribution in [0.5, 0.6) is 0 Å². The average Bonchev–Trinajstić information content (AvgIpc) is 2.56. The lowest BCUT2D eigenvalue weighted by Crippen LogP contribution is -2.02. The number of carbonyl (C=O) groups is 1. The second kappa shape index (κ2) is 5.67. The Balaban J connectivity index is 2.18. The molecule has 0 fully saturated rings. The summed E-state index contributed by atoms with van der Waals surface area (Å²) in [5.41, 5.74) is 3.06. The molecule has 2 aromatic carbocycles. The number of hydrogen-bond acceptors (Lipinski definition) is 3. The highest BCUT2D eigenvalue weighted by molar-refractivity contribution is 5.93. The molecule has 0 aliphatic carbocycles. The number of benzene rings is 2. The van der Waals surface area contributed by atoms with Crippen molar-refractivity contribution < 1.29 is 4.79 Å². The van der Waals surface area contributed by atoms with Gasteiger partial charge in [0.25, 0.3) is 0 Å². The molecule has 0 amide bonds. The van der Waals surface area contributed by atoms with Crippen LogP contribution < -0.4 is 0 Å². The van der Waals surface area contributed by atoms with E-state index in [0.717, 1.165) is 16.8 Å².